The van der Waals surface area contributed by atoms with Crippen molar-refractivity contribution < 1.29 is 23.7 Å². The van der Waals surface area contributed by atoms with Gasteiger partial charge in [-0.15, -0.1) is 0 Å². The third-order valence-electron chi connectivity index (χ3n) is 6.43. The molecule has 0 saturated carbocycles. The minimum atomic E-state index is -0.820. The number of benzene rings is 2. The second-order valence-electron chi connectivity index (χ2n) is 8.56. The van der Waals surface area contributed by atoms with E-state index in [0.717, 1.165) is 11.1 Å². The van der Waals surface area contributed by atoms with Gasteiger partial charge in [0.05, 0.1) is 39.9 Å². The lowest BCUT2D eigenvalue weighted by molar-refractivity contribution is -0.130. The summed E-state index contributed by atoms with van der Waals surface area (Å²) >= 11 is 0. The monoisotopic (exact) mass is 468 g/mol. The molecule has 0 bridgehead atoms. The number of nitriles is 1. The Morgan fingerprint density at radius 1 is 0.941 bits per heavy atom. The van der Waals surface area contributed by atoms with E-state index >= 15 is 0 Å². The Morgan fingerprint density at radius 2 is 1.50 bits per heavy atom. The Hall–Kier alpha value is -3.40. The van der Waals surface area contributed by atoms with Gasteiger partial charge in [0.1, 0.15) is 0 Å². The van der Waals surface area contributed by atoms with Gasteiger partial charge in [0, 0.05) is 20.0 Å². The zero-order valence-corrected chi connectivity index (χ0v) is 21.3. The lowest BCUT2D eigenvalue weighted by Crippen LogP contribution is -2.35. The Labute approximate surface area is 203 Å². The van der Waals surface area contributed by atoms with Crippen LogP contribution in [-0.4, -0.2) is 52.8 Å². The molecule has 2 rings (SSSR count). The molecule has 0 spiro atoms. The van der Waals surface area contributed by atoms with E-state index in [-0.39, 0.29) is 18.2 Å². The predicted molar refractivity (Wildman–Crippen MR) is 132 cm³/mol. The van der Waals surface area contributed by atoms with Crippen LogP contribution in [-0.2, 0) is 16.6 Å². The fraction of sp³-hybridized carbons (Fsp3) is 0.481. The minimum Gasteiger partial charge on any atom is -0.493 e. The molecule has 0 aliphatic heterocycles. The molecule has 0 aliphatic carbocycles. The third-order valence-corrected chi connectivity index (χ3v) is 6.43. The maximum absolute atomic E-state index is 13.0. The first-order chi connectivity index (χ1) is 16.3. The van der Waals surface area contributed by atoms with E-state index in [1.807, 2.05) is 44.2 Å². The molecule has 1 amide bonds. The van der Waals surface area contributed by atoms with Gasteiger partial charge in [0.25, 0.3) is 0 Å². The van der Waals surface area contributed by atoms with Crippen LogP contribution < -0.4 is 18.9 Å². The number of ether oxygens (including phenoxy) is 4. The summed E-state index contributed by atoms with van der Waals surface area (Å²) in [5.41, 5.74) is 1.05. The highest BCUT2D eigenvalue weighted by atomic mass is 16.5. The number of hydrogen-bond donors (Lipinski definition) is 0. The van der Waals surface area contributed by atoms with E-state index in [9.17, 15) is 10.1 Å². The Balaban J connectivity index is 2.11. The Morgan fingerprint density at radius 3 is 2.03 bits per heavy atom. The summed E-state index contributed by atoms with van der Waals surface area (Å²) < 4.78 is 21.4. The van der Waals surface area contributed by atoms with E-state index < -0.39 is 5.41 Å². The molecule has 0 N–H and O–H groups in total. The molecule has 0 radical (unpaired) electrons. The maximum atomic E-state index is 13.0. The van der Waals surface area contributed by atoms with Gasteiger partial charge in [0.2, 0.25) is 5.91 Å². The summed E-state index contributed by atoms with van der Waals surface area (Å²) in [4.78, 5) is 14.7. The fourth-order valence-electron chi connectivity index (χ4n) is 4.08. The number of rotatable bonds is 12. The van der Waals surface area contributed by atoms with Gasteiger partial charge in [-0.1, -0.05) is 26.0 Å². The Bertz CT molecular complexity index is 1010. The van der Waals surface area contributed by atoms with Gasteiger partial charge in [-0.2, -0.15) is 5.26 Å². The van der Waals surface area contributed by atoms with Crippen LogP contribution in [0.1, 0.15) is 37.8 Å². The van der Waals surface area contributed by atoms with Gasteiger partial charge in [0.15, 0.2) is 23.0 Å². The van der Waals surface area contributed by atoms with Gasteiger partial charge in [-0.3, -0.25) is 4.79 Å². The van der Waals surface area contributed by atoms with Crippen LogP contribution in [0, 0.1) is 17.2 Å². The highest BCUT2D eigenvalue weighted by Gasteiger charge is 2.37. The molecule has 0 fully saturated rings. The Kier molecular flexibility index (Phi) is 9.61. The zero-order chi connectivity index (χ0) is 25.3. The average molecular weight is 469 g/mol. The lowest BCUT2D eigenvalue weighted by Gasteiger charge is -2.32. The molecule has 184 valence electrons. The molecule has 2 aromatic carbocycles. The highest BCUT2D eigenvalue weighted by Crippen LogP contribution is 2.40. The SMILES string of the molecule is COc1ccc(CCN(C)C(=O)CC[C@](C#N)(c2ccc(OC)c(OC)c2)C(C)C)cc1OC. The third kappa shape index (κ3) is 5.93. The summed E-state index contributed by atoms with van der Waals surface area (Å²) in [6.45, 7) is 4.57. The first-order valence-electron chi connectivity index (χ1n) is 11.3. The second kappa shape index (κ2) is 12.2. The van der Waals surface area contributed by atoms with Crippen molar-refractivity contribution in [2.75, 3.05) is 42.0 Å². The van der Waals surface area contributed by atoms with Crippen LogP contribution in [0.25, 0.3) is 0 Å². The van der Waals surface area contributed by atoms with Crippen molar-refractivity contribution in [2.45, 2.75) is 38.5 Å². The van der Waals surface area contributed by atoms with Crippen molar-refractivity contribution in [1.29, 1.82) is 5.26 Å². The predicted octanol–water partition coefficient (Wildman–Crippen LogP) is 4.62. The standard InChI is InChI=1S/C27H36N2O5/c1-19(2)27(18-28,21-9-11-23(32-5)25(17-21)34-7)14-12-26(30)29(3)15-13-20-8-10-22(31-4)24(16-20)33-6/h8-11,16-17,19H,12-15H2,1-7H3/t27-/m1/s1. The zero-order valence-electron chi connectivity index (χ0n) is 21.3. The number of amides is 1. The van der Waals surface area contributed by atoms with Crippen molar-refractivity contribution in [3.05, 3.63) is 47.5 Å². The van der Waals surface area contributed by atoms with Crippen LogP contribution in [0.4, 0.5) is 0 Å². The number of nitrogens with zero attached hydrogens (tertiary/aromatic N) is 2. The van der Waals surface area contributed by atoms with Crippen molar-refractivity contribution in [1.82, 2.24) is 4.90 Å². The first-order valence-corrected chi connectivity index (χ1v) is 11.3. The summed E-state index contributed by atoms with van der Waals surface area (Å²) in [5.74, 6) is 2.51. The number of likely N-dealkylation sites (N-methyl/N-ethyl adjacent to an activating group) is 1. The fourth-order valence-corrected chi connectivity index (χ4v) is 4.08. The van der Waals surface area contributed by atoms with Crippen molar-refractivity contribution >= 4 is 5.91 Å². The van der Waals surface area contributed by atoms with Crippen LogP contribution in [0.2, 0.25) is 0 Å². The normalized spacial score (nSPS) is 12.4. The van der Waals surface area contributed by atoms with Gasteiger partial charge in [-0.05, 0) is 54.2 Å². The molecule has 1 atom stereocenters. The number of hydrogen-bond acceptors (Lipinski definition) is 6. The molecular formula is C27H36N2O5. The van der Waals surface area contributed by atoms with Crippen molar-refractivity contribution in [3.63, 3.8) is 0 Å². The lowest BCUT2D eigenvalue weighted by atomic mass is 9.69. The van der Waals surface area contributed by atoms with E-state index in [0.29, 0.717) is 42.4 Å². The number of methoxy groups -OCH3 is 4. The summed E-state index contributed by atoms with van der Waals surface area (Å²) in [5, 5.41) is 10.2. The summed E-state index contributed by atoms with van der Waals surface area (Å²) in [6, 6.07) is 13.8. The van der Waals surface area contributed by atoms with Crippen LogP contribution in [0.5, 0.6) is 23.0 Å². The van der Waals surface area contributed by atoms with E-state index in [1.165, 1.54) is 0 Å². The van der Waals surface area contributed by atoms with Crippen LogP contribution in [0.3, 0.4) is 0 Å². The molecule has 0 heterocycles. The van der Waals surface area contributed by atoms with Gasteiger partial charge in [-0.25, -0.2) is 0 Å². The van der Waals surface area contributed by atoms with E-state index in [1.54, 1.807) is 46.5 Å². The molecule has 7 heteroatoms. The van der Waals surface area contributed by atoms with E-state index in [2.05, 4.69) is 6.07 Å². The summed E-state index contributed by atoms with van der Waals surface area (Å²) in [7, 11) is 8.15. The summed E-state index contributed by atoms with van der Waals surface area (Å²) in [6.07, 6.45) is 1.37. The molecule has 0 saturated heterocycles. The van der Waals surface area contributed by atoms with Crippen LogP contribution in [0.15, 0.2) is 36.4 Å². The topological polar surface area (TPSA) is 81.0 Å². The van der Waals surface area contributed by atoms with Crippen LogP contribution >= 0.6 is 0 Å². The number of carbonyl (C=O) groups is 1. The van der Waals surface area contributed by atoms with E-state index in [4.69, 9.17) is 18.9 Å². The maximum Gasteiger partial charge on any atom is 0.222 e. The van der Waals surface area contributed by atoms with Gasteiger partial charge < -0.3 is 23.8 Å². The molecular weight excluding hydrogens is 432 g/mol. The van der Waals surface area contributed by atoms with Crippen molar-refractivity contribution in [3.8, 4) is 29.1 Å². The molecule has 34 heavy (non-hydrogen) atoms. The minimum absolute atomic E-state index is 0.000436. The first kappa shape index (κ1) is 26.8. The molecule has 0 aromatic heterocycles. The molecule has 2 aromatic rings. The molecule has 0 aliphatic rings. The van der Waals surface area contributed by atoms with Gasteiger partial charge >= 0.3 is 0 Å². The molecule has 7 nitrogen and oxygen atoms in total. The number of carbonyl (C=O) groups excluding carboxylic acids is 1. The van der Waals surface area contributed by atoms with Crippen molar-refractivity contribution in [2.24, 2.45) is 5.92 Å². The largest absolute Gasteiger partial charge is 0.493 e. The second-order valence-corrected chi connectivity index (χ2v) is 8.56. The quantitative estimate of drug-likeness (QED) is 0.452. The molecule has 0 unspecified atom stereocenters. The smallest absolute Gasteiger partial charge is 0.222 e. The highest BCUT2D eigenvalue weighted by molar-refractivity contribution is 5.76. The average Bonchev–Trinajstić information content (AvgIpc) is 2.86.